The molecule has 5 heteroatoms. The molecule has 0 unspecified atom stereocenters. The highest BCUT2D eigenvalue weighted by atomic mass is 32.2. The highest BCUT2D eigenvalue weighted by molar-refractivity contribution is 7.87. The largest absolute Gasteiger partial charge is 0.319 e. The first kappa shape index (κ1) is 12.1. The molecule has 0 radical (unpaired) electrons. The number of hydrogen-bond donors (Lipinski definition) is 0. The van der Waals surface area contributed by atoms with Gasteiger partial charge in [-0.25, -0.2) is 8.42 Å². The Morgan fingerprint density at radius 1 is 1.25 bits per heavy atom. The number of rotatable bonds is 3. The van der Waals surface area contributed by atoms with Crippen LogP contribution in [0.25, 0.3) is 0 Å². The molecule has 0 aromatic rings. The molecule has 0 aliphatic carbocycles. The number of hydrogen-bond acceptors (Lipinski definition) is 3. The minimum Gasteiger partial charge on any atom is -0.319 e. The highest BCUT2D eigenvalue weighted by Gasteiger charge is 2.23. The molecule has 12 heavy (non-hydrogen) atoms. The molecule has 0 bridgehead atoms. The zero-order valence-corrected chi connectivity index (χ0v) is 10.4. The lowest BCUT2D eigenvalue weighted by Crippen LogP contribution is -2.26. The minimum atomic E-state index is -3.28. The van der Waals surface area contributed by atoms with Gasteiger partial charge in [-0.15, -0.1) is 0 Å². The Bertz CT molecular complexity index is 226. The van der Waals surface area contributed by atoms with Crippen LogP contribution in [0, 0.1) is 5.41 Å². The Balaban J connectivity index is 4.26. The van der Waals surface area contributed by atoms with Gasteiger partial charge in [0.05, 0.1) is 5.75 Å². The first-order valence-corrected chi connectivity index (χ1v) is 8.39. The minimum absolute atomic E-state index is 0.102. The van der Waals surface area contributed by atoms with Crippen LogP contribution in [0.3, 0.4) is 0 Å². The van der Waals surface area contributed by atoms with Gasteiger partial charge in [0.1, 0.15) is 0 Å². The fourth-order valence-corrected chi connectivity index (χ4v) is 4.54. The summed E-state index contributed by atoms with van der Waals surface area (Å²) in [5.41, 5.74) is -0.220. The van der Waals surface area contributed by atoms with Crippen molar-refractivity contribution in [3.05, 3.63) is 0 Å². The van der Waals surface area contributed by atoms with E-state index in [-0.39, 0.29) is 11.2 Å². The van der Waals surface area contributed by atoms with E-state index in [4.69, 9.17) is 3.87 Å². The van der Waals surface area contributed by atoms with Crippen molar-refractivity contribution < 1.29 is 12.3 Å². The molecular weight excluding hydrogens is 192 g/mol. The van der Waals surface area contributed by atoms with Crippen LogP contribution in [-0.2, 0) is 14.0 Å². The summed E-state index contributed by atoms with van der Waals surface area (Å²) in [7, 11) is -4.75. The van der Waals surface area contributed by atoms with Crippen LogP contribution in [0.5, 0.6) is 0 Å². The third-order valence-corrected chi connectivity index (χ3v) is 4.88. The van der Waals surface area contributed by atoms with E-state index in [1.165, 1.54) is 0 Å². The van der Waals surface area contributed by atoms with Crippen molar-refractivity contribution in [3.63, 3.8) is 0 Å². The Morgan fingerprint density at radius 2 is 1.67 bits per heavy atom. The van der Waals surface area contributed by atoms with Gasteiger partial charge >= 0.3 is 0 Å². The summed E-state index contributed by atoms with van der Waals surface area (Å²) in [5.74, 6) is 0.102. The maximum absolute atomic E-state index is 11.3. The van der Waals surface area contributed by atoms with Crippen molar-refractivity contribution in [2.24, 2.45) is 5.41 Å². The maximum atomic E-state index is 11.3. The van der Waals surface area contributed by atoms with Crippen molar-refractivity contribution in [1.82, 2.24) is 0 Å². The molecule has 0 amide bonds. The van der Waals surface area contributed by atoms with Gasteiger partial charge in [-0.2, -0.15) is 0 Å². The summed E-state index contributed by atoms with van der Waals surface area (Å²) >= 11 is 0. The molecule has 0 saturated heterocycles. The quantitative estimate of drug-likeness (QED) is 0.661. The second-order valence-corrected chi connectivity index (χ2v) is 8.68. The van der Waals surface area contributed by atoms with Gasteiger partial charge in [0.25, 0.3) is 10.1 Å². The van der Waals surface area contributed by atoms with Crippen LogP contribution in [-0.4, -0.2) is 23.2 Å². The van der Waals surface area contributed by atoms with Gasteiger partial charge in [0, 0.05) is 0 Å². The molecule has 74 valence electrons. The van der Waals surface area contributed by atoms with Crippen LogP contribution in [0.15, 0.2) is 0 Å². The van der Waals surface area contributed by atoms with Gasteiger partial charge in [-0.1, -0.05) is 20.8 Å². The molecule has 0 aliphatic rings. The summed E-state index contributed by atoms with van der Waals surface area (Å²) < 4.78 is 27.5. The SMILES string of the molecule is C[SiH](C)OS(=O)(=O)CC(C)(C)C. The van der Waals surface area contributed by atoms with E-state index in [0.29, 0.717) is 0 Å². The molecule has 0 fully saturated rings. The van der Waals surface area contributed by atoms with Gasteiger partial charge in [0.15, 0.2) is 9.04 Å². The van der Waals surface area contributed by atoms with E-state index in [1.807, 2.05) is 33.9 Å². The van der Waals surface area contributed by atoms with E-state index in [0.717, 1.165) is 0 Å². The second-order valence-electron chi connectivity index (χ2n) is 4.41. The average molecular weight is 210 g/mol. The first-order valence-electron chi connectivity index (χ1n) is 4.03. The molecule has 0 aromatic carbocycles. The van der Waals surface area contributed by atoms with Gasteiger partial charge in [-0.05, 0) is 18.5 Å². The average Bonchev–Trinajstić information content (AvgIpc) is 1.48. The lowest BCUT2D eigenvalue weighted by atomic mass is 10.0. The summed E-state index contributed by atoms with van der Waals surface area (Å²) in [6.07, 6.45) is 0. The third-order valence-electron chi connectivity index (χ3n) is 0.949. The highest BCUT2D eigenvalue weighted by Crippen LogP contribution is 2.17. The molecule has 0 rings (SSSR count). The zero-order chi connectivity index (χ0) is 9.99. The van der Waals surface area contributed by atoms with Gasteiger partial charge < -0.3 is 3.87 Å². The molecule has 0 saturated carbocycles. The summed E-state index contributed by atoms with van der Waals surface area (Å²) in [5, 5.41) is 0. The summed E-state index contributed by atoms with van der Waals surface area (Å²) in [6.45, 7) is 9.35. The fourth-order valence-electron chi connectivity index (χ4n) is 0.858. The van der Waals surface area contributed by atoms with E-state index >= 15 is 0 Å². The lowest BCUT2D eigenvalue weighted by Gasteiger charge is -2.18. The maximum Gasteiger partial charge on any atom is 0.257 e. The molecule has 0 atom stereocenters. The first-order chi connectivity index (χ1) is 5.12. The molecule has 0 heterocycles. The Hall–Kier alpha value is 0.127. The molecule has 0 aliphatic heterocycles. The topological polar surface area (TPSA) is 43.4 Å². The third kappa shape index (κ3) is 6.81. The smallest absolute Gasteiger partial charge is 0.257 e. The van der Waals surface area contributed by atoms with E-state index in [2.05, 4.69) is 0 Å². The molecular formula is C7H18O3SSi. The molecule has 0 aromatic heterocycles. The van der Waals surface area contributed by atoms with E-state index in [9.17, 15) is 8.42 Å². The molecule has 3 nitrogen and oxygen atoms in total. The van der Waals surface area contributed by atoms with Crippen molar-refractivity contribution in [1.29, 1.82) is 0 Å². The summed E-state index contributed by atoms with van der Waals surface area (Å²) in [6, 6.07) is 0. The fraction of sp³-hybridized carbons (Fsp3) is 1.00. The summed E-state index contributed by atoms with van der Waals surface area (Å²) in [4.78, 5) is 0. The zero-order valence-electron chi connectivity index (χ0n) is 8.42. The van der Waals surface area contributed by atoms with Crippen molar-refractivity contribution in [2.45, 2.75) is 33.9 Å². The van der Waals surface area contributed by atoms with Crippen molar-refractivity contribution >= 4 is 19.2 Å². The monoisotopic (exact) mass is 210 g/mol. The Labute approximate surface area is 77.0 Å². The second kappa shape index (κ2) is 3.89. The Morgan fingerprint density at radius 3 is 1.92 bits per heavy atom. The van der Waals surface area contributed by atoms with E-state index < -0.39 is 19.2 Å². The normalized spacial score (nSPS) is 13.8. The van der Waals surface area contributed by atoms with Crippen LogP contribution in [0.4, 0.5) is 0 Å². The molecule has 0 spiro atoms. The standard InChI is InChI=1S/C7H18O3SSi/c1-7(2,3)6-11(8,9)10-12(4)5/h12H,6H2,1-5H3. The predicted octanol–water partition coefficient (Wildman–Crippen LogP) is 1.36. The molecule has 0 N–H and O–H groups in total. The predicted molar refractivity (Wildman–Crippen MR) is 53.2 cm³/mol. The van der Waals surface area contributed by atoms with Crippen LogP contribution >= 0.6 is 0 Å². The van der Waals surface area contributed by atoms with E-state index in [1.54, 1.807) is 0 Å². The van der Waals surface area contributed by atoms with Crippen molar-refractivity contribution in [2.75, 3.05) is 5.75 Å². The Kier molecular flexibility index (Phi) is 3.93. The van der Waals surface area contributed by atoms with Gasteiger partial charge in [0.2, 0.25) is 0 Å². The lowest BCUT2D eigenvalue weighted by molar-refractivity contribution is 0.428. The van der Waals surface area contributed by atoms with Crippen molar-refractivity contribution in [3.8, 4) is 0 Å². The van der Waals surface area contributed by atoms with Crippen LogP contribution < -0.4 is 0 Å². The van der Waals surface area contributed by atoms with Gasteiger partial charge in [-0.3, -0.25) is 0 Å². The van der Waals surface area contributed by atoms with Crippen LogP contribution in [0.1, 0.15) is 20.8 Å². The van der Waals surface area contributed by atoms with Crippen LogP contribution in [0.2, 0.25) is 13.1 Å².